The summed E-state index contributed by atoms with van der Waals surface area (Å²) >= 11 is 0. The monoisotopic (exact) mass is 772 g/mol. The lowest BCUT2D eigenvalue weighted by atomic mass is 10.0. The molecule has 1 aromatic rings. The predicted molar refractivity (Wildman–Crippen MR) is 212 cm³/mol. The zero-order valence-corrected chi connectivity index (χ0v) is 33.9. The molecule has 0 atom stereocenters. The lowest BCUT2D eigenvalue weighted by molar-refractivity contribution is -0.0249. The topological polar surface area (TPSA) is 121 Å². The fourth-order valence-corrected chi connectivity index (χ4v) is 5.26. The minimum absolute atomic E-state index is 0.242. The molecule has 0 saturated heterocycles. The van der Waals surface area contributed by atoms with Gasteiger partial charge in [-0.1, -0.05) is 121 Å². The first-order valence-corrected chi connectivity index (χ1v) is 21.0. The average Bonchev–Trinajstić information content (AvgIpc) is 3.19. The third-order valence-corrected chi connectivity index (χ3v) is 8.35. The number of hydrogen-bond donors (Lipinski definition) is 1. The zero-order valence-electron chi connectivity index (χ0n) is 33.9. The maximum atomic E-state index is 11.7. The van der Waals surface area contributed by atoms with Crippen LogP contribution in [0.1, 0.15) is 102 Å². The summed E-state index contributed by atoms with van der Waals surface area (Å²) in [6.07, 6.45) is 18.8. The van der Waals surface area contributed by atoms with Crippen molar-refractivity contribution >= 4 is 6.09 Å². The predicted octanol–water partition coefficient (Wildman–Crippen LogP) is 7.54. The Bertz CT molecular complexity index is 868. The SMILES string of the molecule is CCCCCCCCCCCCCCCCOCCOCCOCCOCCOCCOCCOCCOCCOCCNC(=O)OCc1ccccc1. The largest absolute Gasteiger partial charge is 0.445 e. The molecule has 1 amide bonds. The summed E-state index contributed by atoms with van der Waals surface area (Å²) in [7, 11) is 0. The fourth-order valence-electron chi connectivity index (χ4n) is 5.26. The summed E-state index contributed by atoms with van der Waals surface area (Å²) in [6.45, 7) is 12.4. The van der Waals surface area contributed by atoms with Gasteiger partial charge in [0.15, 0.2) is 0 Å². The molecule has 12 heteroatoms. The molecule has 1 rings (SSSR count). The molecule has 0 fully saturated rings. The third-order valence-electron chi connectivity index (χ3n) is 8.35. The molecule has 316 valence electrons. The Labute approximate surface area is 327 Å². The van der Waals surface area contributed by atoms with Crippen molar-refractivity contribution in [2.75, 3.05) is 125 Å². The number of carbonyl (C=O) groups excluding carboxylic acids is 1. The molecule has 0 radical (unpaired) electrons. The minimum Gasteiger partial charge on any atom is -0.445 e. The summed E-state index contributed by atoms with van der Waals surface area (Å²) in [4.78, 5) is 11.7. The van der Waals surface area contributed by atoms with Crippen LogP contribution < -0.4 is 5.32 Å². The van der Waals surface area contributed by atoms with E-state index >= 15 is 0 Å². The Balaban J connectivity index is 1.62. The molecule has 0 aromatic heterocycles. The fraction of sp³-hybridized carbons (Fsp3) is 0.833. The molecule has 1 aromatic carbocycles. The Kier molecular flexibility index (Phi) is 40.7. The number of ether oxygens (including phenoxy) is 10. The number of unbranched alkanes of at least 4 members (excludes halogenated alkanes) is 13. The van der Waals surface area contributed by atoms with Crippen LogP contribution in [0, 0.1) is 0 Å². The third kappa shape index (κ3) is 39.8. The van der Waals surface area contributed by atoms with Crippen molar-refractivity contribution in [3.05, 3.63) is 35.9 Å². The van der Waals surface area contributed by atoms with E-state index in [0.29, 0.717) is 119 Å². The Morgan fingerprint density at radius 1 is 0.407 bits per heavy atom. The van der Waals surface area contributed by atoms with Gasteiger partial charge in [-0.2, -0.15) is 0 Å². The maximum Gasteiger partial charge on any atom is 0.407 e. The van der Waals surface area contributed by atoms with Crippen molar-refractivity contribution in [1.29, 1.82) is 0 Å². The van der Waals surface area contributed by atoms with E-state index in [1.54, 1.807) is 0 Å². The van der Waals surface area contributed by atoms with E-state index in [1.165, 1.54) is 83.5 Å². The lowest BCUT2D eigenvalue weighted by Gasteiger charge is -2.09. The van der Waals surface area contributed by atoms with E-state index in [9.17, 15) is 4.79 Å². The summed E-state index contributed by atoms with van der Waals surface area (Å²) in [5.74, 6) is 0. The number of carbonyl (C=O) groups is 1. The van der Waals surface area contributed by atoms with Gasteiger partial charge in [0.05, 0.1) is 112 Å². The number of benzene rings is 1. The van der Waals surface area contributed by atoms with Crippen LogP contribution in [0.15, 0.2) is 30.3 Å². The molecule has 0 spiro atoms. The van der Waals surface area contributed by atoms with Crippen LogP contribution in [0.4, 0.5) is 4.79 Å². The Morgan fingerprint density at radius 3 is 1.09 bits per heavy atom. The molecule has 0 heterocycles. The first-order chi connectivity index (χ1) is 26.8. The average molecular weight is 772 g/mol. The van der Waals surface area contributed by atoms with Crippen LogP contribution in [-0.2, 0) is 54.0 Å². The van der Waals surface area contributed by atoms with Gasteiger partial charge >= 0.3 is 6.09 Å². The molecule has 0 aliphatic rings. The van der Waals surface area contributed by atoms with Crippen molar-refractivity contribution in [2.24, 2.45) is 0 Å². The first kappa shape index (κ1) is 50.1. The lowest BCUT2D eigenvalue weighted by Crippen LogP contribution is -2.28. The minimum atomic E-state index is -0.464. The molecule has 1 N–H and O–H groups in total. The van der Waals surface area contributed by atoms with Crippen LogP contribution in [0.3, 0.4) is 0 Å². The van der Waals surface area contributed by atoms with E-state index in [-0.39, 0.29) is 6.61 Å². The van der Waals surface area contributed by atoms with Crippen LogP contribution >= 0.6 is 0 Å². The standard InChI is InChI=1S/C42H77NO11/c1-2-3-4-5-6-7-8-9-10-11-12-13-14-18-22-45-24-26-47-28-30-49-32-34-51-36-38-53-39-37-52-35-33-50-31-29-48-27-25-46-23-21-43-42(44)54-40-41-19-16-15-17-20-41/h15-17,19-20H,2-14,18,21-40H2,1H3,(H,43,44). The second-order valence-electron chi connectivity index (χ2n) is 13.1. The molecule has 0 saturated carbocycles. The van der Waals surface area contributed by atoms with Gasteiger partial charge in [0.1, 0.15) is 6.61 Å². The van der Waals surface area contributed by atoms with Crippen LogP contribution in [-0.4, -0.2) is 132 Å². The van der Waals surface area contributed by atoms with Gasteiger partial charge in [-0.15, -0.1) is 0 Å². The van der Waals surface area contributed by atoms with E-state index in [1.807, 2.05) is 30.3 Å². The highest BCUT2D eigenvalue weighted by molar-refractivity contribution is 5.67. The highest BCUT2D eigenvalue weighted by Gasteiger charge is 2.02. The van der Waals surface area contributed by atoms with Gasteiger partial charge in [-0.25, -0.2) is 4.79 Å². The molecule has 54 heavy (non-hydrogen) atoms. The number of hydrogen-bond acceptors (Lipinski definition) is 11. The smallest absolute Gasteiger partial charge is 0.407 e. The quantitative estimate of drug-likeness (QED) is 0.0663. The highest BCUT2D eigenvalue weighted by atomic mass is 16.6. The van der Waals surface area contributed by atoms with Crippen molar-refractivity contribution in [3.63, 3.8) is 0 Å². The first-order valence-electron chi connectivity index (χ1n) is 21.0. The van der Waals surface area contributed by atoms with E-state index in [4.69, 9.17) is 47.4 Å². The summed E-state index contributed by atoms with van der Waals surface area (Å²) in [5, 5.41) is 2.65. The van der Waals surface area contributed by atoms with Crippen molar-refractivity contribution in [2.45, 2.75) is 103 Å². The van der Waals surface area contributed by atoms with Crippen molar-refractivity contribution in [3.8, 4) is 0 Å². The summed E-state index contributed by atoms with van der Waals surface area (Å²) in [6, 6.07) is 9.53. The Morgan fingerprint density at radius 2 is 0.722 bits per heavy atom. The maximum absolute atomic E-state index is 11.7. The Hall–Kier alpha value is -1.87. The van der Waals surface area contributed by atoms with Gasteiger partial charge in [0.2, 0.25) is 0 Å². The van der Waals surface area contributed by atoms with Gasteiger partial charge in [0, 0.05) is 13.2 Å². The van der Waals surface area contributed by atoms with E-state index in [2.05, 4.69) is 12.2 Å². The van der Waals surface area contributed by atoms with Gasteiger partial charge < -0.3 is 52.7 Å². The summed E-state index contributed by atoms with van der Waals surface area (Å²) < 4.78 is 54.9. The van der Waals surface area contributed by atoms with E-state index < -0.39 is 6.09 Å². The molecule has 0 aliphatic heterocycles. The van der Waals surface area contributed by atoms with Crippen LogP contribution in [0.2, 0.25) is 0 Å². The molecule has 0 aliphatic carbocycles. The molecule has 0 bridgehead atoms. The molecule has 0 unspecified atom stereocenters. The summed E-state index contributed by atoms with van der Waals surface area (Å²) in [5.41, 5.74) is 0.942. The second kappa shape index (κ2) is 43.9. The van der Waals surface area contributed by atoms with E-state index in [0.717, 1.165) is 18.6 Å². The zero-order chi connectivity index (χ0) is 38.5. The molecular formula is C42H77NO11. The van der Waals surface area contributed by atoms with Crippen molar-refractivity contribution in [1.82, 2.24) is 5.32 Å². The normalized spacial score (nSPS) is 11.4. The van der Waals surface area contributed by atoms with Gasteiger partial charge in [0.25, 0.3) is 0 Å². The van der Waals surface area contributed by atoms with Crippen LogP contribution in [0.5, 0.6) is 0 Å². The van der Waals surface area contributed by atoms with Crippen molar-refractivity contribution < 1.29 is 52.2 Å². The van der Waals surface area contributed by atoms with Gasteiger partial charge in [-0.05, 0) is 12.0 Å². The highest BCUT2D eigenvalue weighted by Crippen LogP contribution is 2.13. The number of amides is 1. The number of rotatable bonds is 44. The number of alkyl carbamates (subject to hydrolysis) is 1. The van der Waals surface area contributed by atoms with Gasteiger partial charge in [-0.3, -0.25) is 0 Å². The molecular weight excluding hydrogens is 694 g/mol. The molecule has 12 nitrogen and oxygen atoms in total. The second-order valence-corrected chi connectivity index (χ2v) is 13.1. The number of nitrogens with one attached hydrogen (secondary N) is 1. The van der Waals surface area contributed by atoms with Crippen LogP contribution in [0.25, 0.3) is 0 Å².